The number of fused-ring (bicyclic) bond motifs is 2. The first-order chi connectivity index (χ1) is 14.3. The van der Waals surface area contributed by atoms with Crippen molar-refractivity contribution in [2.24, 2.45) is 0 Å². The van der Waals surface area contributed by atoms with Crippen LogP contribution in [0.1, 0.15) is 16.1 Å². The van der Waals surface area contributed by atoms with Gasteiger partial charge in [-0.2, -0.15) is 4.98 Å². The highest BCUT2D eigenvalue weighted by molar-refractivity contribution is 7.15. The van der Waals surface area contributed by atoms with Crippen LogP contribution in [0.2, 0.25) is 0 Å². The summed E-state index contributed by atoms with van der Waals surface area (Å²) in [5, 5.41) is 11.9. The van der Waals surface area contributed by atoms with Gasteiger partial charge in [0, 0.05) is 29.5 Å². The fourth-order valence-corrected chi connectivity index (χ4v) is 4.20. The fourth-order valence-electron chi connectivity index (χ4n) is 3.34. The summed E-state index contributed by atoms with van der Waals surface area (Å²) in [6, 6.07) is 23.8. The second-order valence-corrected chi connectivity index (χ2v) is 7.63. The van der Waals surface area contributed by atoms with Gasteiger partial charge in [-0.15, -0.1) is 16.4 Å². The first-order valence-corrected chi connectivity index (χ1v) is 10.3. The Morgan fingerprint density at radius 2 is 1.76 bits per heavy atom. The average molecular weight is 398 g/mol. The highest BCUT2D eigenvalue weighted by atomic mass is 32.1. The lowest BCUT2D eigenvalue weighted by Crippen LogP contribution is -2.26. The maximum absolute atomic E-state index is 12.5. The number of amides is 1. The molecule has 29 heavy (non-hydrogen) atoms. The van der Waals surface area contributed by atoms with Crippen LogP contribution in [0.5, 0.6) is 0 Å². The number of nitrogens with zero attached hydrogens (tertiary/aromatic N) is 3. The van der Waals surface area contributed by atoms with Crippen LogP contribution in [0.15, 0.2) is 78.2 Å². The molecule has 2 heterocycles. The molecule has 2 aromatic heterocycles. The summed E-state index contributed by atoms with van der Waals surface area (Å²) in [4.78, 5) is 18.0. The molecule has 0 radical (unpaired) electrons. The summed E-state index contributed by atoms with van der Waals surface area (Å²) in [6.07, 6.45) is 0.691. The number of hydrogen-bond donors (Lipinski definition) is 1. The zero-order chi connectivity index (χ0) is 19.6. The van der Waals surface area contributed by atoms with Gasteiger partial charge in [0.2, 0.25) is 4.96 Å². The number of nitrogens with one attached hydrogen (secondary N) is 1. The molecule has 0 saturated carbocycles. The predicted molar refractivity (Wildman–Crippen MR) is 116 cm³/mol. The van der Waals surface area contributed by atoms with Crippen LogP contribution >= 0.6 is 11.3 Å². The normalized spacial score (nSPS) is 11.2. The maximum Gasteiger partial charge on any atom is 0.251 e. The average Bonchev–Trinajstić information content (AvgIpc) is 3.36. The van der Waals surface area contributed by atoms with E-state index in [2.05, 4.69) is 15.4 Å². The molecule has 5 rings (SSSR count). The van der Waals surface area contributed by atoms with Crippen molar-refractivity contribution in [1.29, 1.82) is 0 Å². The van der Waals surface area contributed by atoms with E-state index < -0.39 is 0 Å². The highest BCUT2D eigenvalue weighted by Gasteiger charge is 2.12. The Bertz CT molecular complexity index is 1310. The molecule has 0 unspecified atom stereocenters. The number of carbonyl (C=O) groups excluding carboxylic acids is 1. The number of carbonyl (C=O) groups is 1. The quantitative estimate of drug-likeness (QED) is 0.471. The van der Waals surface area contributed by atoms with Crippen molar-refractivity contribution < 1.29 is 4.79 Å². The van der Waals surface area contributed by atoms with Crippen molar-refractivity contribution in [2.75, 3.05) is 6.54 Å². The Balaban J connectivity index is 1.28. The second kappa shape index (κ2) is 7.48. The smallest absolute Gasteiger partial charge is 0.251 e. The van der Waals surface area contributed by atoms with Crippen LogP contribution in [-0.4, -0.2) is 27.0 Å². The Morgan fingerprint density at radius 3 is 2.62 bits per heavy atom. The standard InChI is InChI=1S/C23H18N4OS/c28-22(19-11-10-16-6-4-5-9-18(16)14-19)24-13-12-20-15-29-23-25-21(26-27(20)23)17-7-2-1-3-8-17/h1-11,14-15H,12-13H2,(H,24,28). The summed E-state index contributed by atoms with van der Waals surface area (Å²) >= 11 is 1.56. The molecule has 5 aromatic rings. The third-order valence-electron chi connectivity index (χ3n) is 4.86. The Labute approximate surface area is 171 Å². The molecule has 5 nitrogen and oxygen atoms in total. The van der Waals surface area contributed by atoms with E-state index in [1.807, 2.05) is 82.7 Å². The van der Waals surface area contributed by atoms with Crippen molar-refractivity contribution >= 4 is 33.0 Å². The molecule has 0 aliphatic heterocycles. The van der Waals surface area contributed by atoms with Crippen molar-refractivity contribution in [3.8, 4) is 11.4 Å². The number of hydrogen-bond acceptors (Lipinski definition) is 4. The van der Waals surface area contributed by atoms with Gasteiger partial charge in [0.25, 0.3) is 5.91 Å². The molecule has 0 aliphatic carbocycles. The molecule has 0 atom stereocenters. The minimum absolute atomic E-state index is 0.0641. The van der Waals surface area contributed by atoms with Gasteiger partial charge in [-0.1, -0.05) is 60.7 Å². The first-order valence-electron chi connectivity index (χ1n) is 9.43. The van der Waals surface area contributed by atoms with Gasteiger partial charge in [-0.3, -0.25) is 4.79 Å². The predicted octanol–water partition coefficient (Wildman–Crippen LogP) is 4.58. The zero-order valence-corrected chi connectivity index (χ0v) is 16.4. The summed E-state index contributed by atoms with van der Waals surface area (Å²) in [5.41, 5.74) is 2.71. The van der Waals surface area contributed by atoms with Gasteiger partial charge >= 0.3 is 0 Å². The van der Waals surface area contributed by atoms with Crippen molar-refractivity contribution in [2.45, 2.75) is 6.42 Å². The van der Waals surface area contributed by atoms with E-state index in [4.69, 9.17) is 0 Å². The molecule has 3 aromatic carbocycles. The van der Waals surface area contributed by atoms with E-state index in [9.17, 15) is 4.79 Å². The lowest BCUT2D eigenvalue weighted by atomic mass is 10.1. The summed E-state index contributed by atoms with van der Waals surface area (Å²) in [5.74, 6) is 0.657. The molecular formula is C23H18N4OS. The van der Waals surface area contributed by atoms with Crippen LogP contribution < -0.4 is 5.32 Å². The molecular weight excluding hydrogens is 380 g/mol. The van der Waals surface area contributed by atoms with Crippen LogP contribution in [0.25, 0.3) is 27.1 Å². The molecule has 0 aliphatic rings. The fraction of sp³-hybridized carbons (Fsp3) is 0.0870. The maximum atomic E-state index is 12.5. The summed E-state index contributed by atoms with van der Waals surface area (Å²) in [7, 11) is 0. The minimum atomic E-state index is -0.0641. The Hall–Kier alpha value is -3.51. The monoisotopic (exact) mass is 398 g/mol. The number of aromatic nitrogens is 3. The van der Waals surface area contributed by atoms with E-state index in [1.165, 1.54) is 0 Å². The first kappa shape index (κ1) is 17.6. The van der Waals surface area contributed by atoms with E-state index in [-0.39, 0.29) is 5.91 Å². The Kier molecular flexibility index (Phi) is 4.54. The summed E-state index contributed by atoms with van der Waals surface area (Å²) < 4.78 is 1.87. The molecule has 1 N–H and O–H groups in total. The van der Waals surface area contributed by atoms with Crippen molar-refractivity contribution in [1.82, 2.24) is 19.9 Å². The van der Waals surface area contributed by atoms with E-state index in [0.29, 0.717) is 18.5 Å². The van der Waals surface area contributed by atoms with Gasteiger partial charge in [0.1, 0.15) is 0 Å². The molecule has 0 spiro atoms. The van der Waals surface area contributed by atoms with Crippen LogP contribution in [0.3, 0.4) is 0 Å². The molecule has 0 bridgehead atoms. The van der Waals surface area contributed by atoms with Crippen LogP contribution in [0.4, 0.5) is 0 Å². The molecule has 6 heteroatoms. The van der Waals surface area contributed by atoms with Crippen molar-refractivity contribution in [3.05, 3.63) is 89.4 Å². The zero-order valence-electron chi connectivity index (χ0n) is 15.6. The SMILES string of the molecule is O=C(NCCc1csc2nc(-c3ccccc3)nn12)c1ccc2ccccc2c1. The topological polar surface area (TPSA) is 59.3 Å². The third-order valence-corrected chi connectivity index (χ3v) is 5.73. The van der Waals surface area contributed by atoms with Crippen LogP contribution in [0, 0.1) is 0 Å². The lowest BCUT2D eigenvalue weighted by Gasteiger charge is -2.06. The van der Waals surface area contributed by atoms with Gasteiger partial charge in [-0.25, -0.2) is 4.52 Å². The molecule has 0 fully saturated rings. The van der Waals surface area contributed by atoms with Gasteiger partial charge in [0.05, 0.1) is 5.69 Å². The Morgan fingerprint density at radius 1 is 0.966 bits per heavy atom. The highest BCUT2D eigenvalue weighted by Crippen LogP contribution is 2.21. The van der Waals surface area contributed by atoms with E-state index >= 15 is 0 Å². The second-order valence-electron chi connectivity index (χ2n) is 6.79. The van der Waals surface area contributed by atoms with Crippen molar-refractivity contribution in [3.63, 3.8) is 0 Å². The molecule has 142 valence electrons. The van der Waals surface area contributed by atoms with Crippen LogP contribution in [-0.2, 0) is 6.42 Å². The number of rotatable bonds is 5. The summed E-state index contributed by atoms with van der Waals surface area (Å²) in [6.45, 7) is 0.540. The van der Waals surface area contributed by atoms with E-state index in [0.717, 1.165) is 32.8 Å². The van der Waals surface area contributed by atoms with Gasteiger partial charge < -0.3 is 5.32 Å². The minimum Gasteiger partial charge on any atom is -0.352 e. The van der Waals surface area contributed by atoms with E-state index in [1.54, 1.807) is 11.3 Å². The third kappa shape index (κ3) is 3.50. The lowest BCUT2D eigenvalue weighted by molar-refractivity contribution is 0.0954. The van der Waals surface area contributed by atoms with Gasteiger partial charge in [0.15, 0.2) is 5.82 Å². The number of benzene rings is 3. The largest absolute Gasteiger partial charge is 0.352 e. The molecule has 1 amide bonds. The number of thiazole rings is 1. The molecule has 0 saturated heterocycles. The van der Waals surface area contributed by atoms with Gasteiger partial charge in [-0.05, 0) is 22.9 Å².